The molecule has 0 fully saturated rings. The van der Waals surface area contributed by atoms with E-state index in [1.54, 1.807) is 0 Å². The molecule has 0 saturated carbocycles. The molecule has 0 atom stereocenters. The van der Waals surface area contributed by atoms with E-state index in [0.29, 0.717) is 5.01 Å². The van der Waals surface area contributed by atoms with E-state index >= 15 is 0 Å². The lowest BCUT2D eigenvalue weighted by Crippen LogP contribution is -2.48. The highest BCUT2D eigenvalue weighted by atomic mass is 16.4. The van der Waals surface area contributed by atoms with Gasteiger partial charge in [0.15, 0.2) is 23.0 Å². The maximum atomic E-state index is 12.4. The summed E-state index contributed by atoms with van der Waals surface area (Å²) in [5, 5.41) is 47.6. The van der Waals surface area contributed by atoms with Crippen LogP contribution < -0.4 is 5.43 Å². The number of carboxylic acid groups (broad SMARTS) is 1. The van der Waals surface area contributed by atoms with Gasteiger partial charge in [0, 0.05) is 0 Å². The summed E-state index contributed by atoms with van der Waals surface area (Å²) in [6.45, 7) is -0.973. The molecule has 0 aliphatic carbocycles. The molecule has 10 nitrogen and oxygen atoms in total. The van der Waals surface area contributed by atoms with E-state index < -0.39 is 58.5 Å². The summed E-state index contributed by atoms with van der Waals surface area (Å²) < 4.78 is 0. The average Bonchev–Trinajstić information content (AvgIpc) is 2.58. The van der Waals surface area contributed by atoms with Gasteiger partial charge in [-0.3, -0.25) is 19.8 Å². The van der Waals surface area contributed by atoms with Crippen molar-refractivity contribution >= 4 is 17.8 Å². The number of phenols is 4. The molecule has 0 aliphatic rings. The fraction of sp³-hybridized carbons (Fsp3) is 0.0625. The number of aromatic hydroxyl groups is 4. The molecule has 2 rings (SSSR count). The number of hydrogen-bond donors (Lipinski definition) is 6. The first-order valence-corrected chi connectivity index (χ1v) is 7.09. The number of amides is 2. The van der Waals surface area contributed by atoms with Crippen molar-refractivity contribution in [2.24, 2.45) is 0 Å². The minimum atomic E-state index is -1.47. The van der Waals surface area contributed by atoms with Crippen LogP contribution in [0.25, 0.3) is 0 Å². The summed E-state index contributed by atoms with van der Waals surface area (Å²) >= 11 is 0. The van der Waals surface area contributed by atoms with E-state index in [4.69, 9.17) is 5.11 Å². The third kappa shape index (κ3) is 3.75. The number of hydrogen-bond acceptors (Lipinski definition) is 7. The number of para-hydroxylation sites is 2. The van der Waals surface area contributed by atoms with E-state index in [0.717, 1.165) is 24.3 Å². The predicted octanol–water partition coefficient (Wildman–Crippen LogP) is 0.381. The van der Waals surface area contributed by atoms with Gasteiger partial charge in [-0.25, -0.2) is 5.01 Å². The van der Waals surface area contributed by atoms with Crippen LogP contribution in [-0.2, 0) is 4.79 Å². The molecule has 10 heteroatoms. The quantitative estimate of drug-likeness (QED) is 0.335. The first kappa shape index (κ1) is 18.4. The maximum absolute atomic E-state index is 12.4. The van der Waals surface area contributed by atoms with Crippen LogP contribution >= 0.6 is 0 Å². The van der Waals surface area contributed by atoms with Crippen LogP contribution in [0.5, 0.6) is 23.0 Å². The second-order valence-corrected chi connectivity index (χ2v) is 5.07. The number of carbonyl (C=O) groups is 3. The number of nitrogens with one attached hydrogen (secondary N) is 1. The lowest BCUT2D eigenvalue weighted by atomic mass is 10.1. The first-order chi connectivity index (χ1) is 12.2. The monoisotopic (exact) mass is 362 g/mol. The van der Waals surface area contributed by atoms with Crippen molar-refractivity contribution in [3.63, 3.8) is 0 Å². The Labute approximate surface area is 146 Å². The molecule has 6 N–H and O–H groups in total. The SMILES string of the molecule is O=C(O)CN(NC(=O)c1cccc(O)c1O)C(=O)c1cccc(O)c1O. The predicted molar refractivity (Wildman–Crippen MR) is 85.7 cm³/mol. The molecule has 0 radical (unpaired) electrons. The van der Waals surface area contributed by atoms with Crippen molar-refractivity contribution in [3.05, 3.63) is 47.5 Å². The van der Waals surface area contributed by atoms with Crippen molar-refractivity contribution in [1.82, 2.24) is 10.4 Å². The molecule has 2 amide bonds. The second kappa shape index (κ2) is 7.30. The van der Waals surface area contributed by atoms with Gasteiger partial charge in [0.25, 0.3) is 11.8 Å². The van der Waals surface area contributed by atoms with Crippen LogP contribution in [0, 0.1) is 0 Å². The highest BCUT2D eigenvalue weighted by molar-refractivity contribution is 6.03. The van der Waals surface area contributed by atoms with Crippen molar-refractivity contribution in [2.45, 2.75) is 0 Å². The molecule has 136 valence electrons. The Morgan fingerprint density at radius 3 is 1.88 bits per heavy atom. The van der Waals surface area contributed by atoms with Crippen LogP contribution in [0.1, 0.15) is 20.7 Å². The highest BCUT2D eigenvalue weighted by Gasteiger charge is 2.26. The van der Waals surface area contributed by atoms with Crippen LogP contribution in [0.2, 0.25) is 0 Å². The number of carbonyl (C=O) groups excluding carboxylic acids is 2. The molecule has 0 spiro atoms. The van der Waals surface area contributed by atoms with Crippen molar-refractivity contribution in [3.8, 4) is 23.0 Å². The van der Waals surface area contributed by atoms with Gasteiger partial charge in [-0.15, -0.1) is 0 Å². The molecule has 2 aromatic carbocycles. The molecule has 0 aromatic heterocycles. The molecule has 0 aliphatic heterocycles. The molecule has 0 saturated heterocycles. The minimum Gasteiger partial charge on any atom is -0.504 e. The number of nitrogens with zero attached hydrogens (tertiary/aromatic N) is 1. The molecule has 0 bridgehead atoms. The smallest absolute Gasteiger partial charge is 0.325 e. The number of carboxylic acids is 1. The summed E-state index contributed by atoms with van der Waals surface area (Å²) in [6, 6.07) is 6.98. The van der Waals surface area contributed by atoms with E-state index in [9.17, 15) is 34.8 Å². The fourth-order valence-electron chi connectivity index (χ4n) is 2.04. The Bertz CT molecular complexity index is 881. The van der Waals surface area contributed by atoms with E-state index in [1.807, 2.05) is 5.43 Å². The third-order valence-corrected chi connectivity index (χ3v) is 3.28. The number of rotatable bonds is 4. The number of hydrazine groups is 1. The number of benzene rings is 2. The third-order valence-electron chi connectivity index (χ3n) is 3.28. The summed E-state index contributed by atoms with van der Waals surface area (Å²) in [7, 11) is 0. The van der Waals surface area contributed by atoms with Gasteiger partial charge >= 0.3 is 5.97 Å². The van der Waals surface area contributed by atoms with Gasteiger partial charge in [0.2, 0.25) is 0 Å². The van der Waals surface area contributed by atoms with Crippen molar-refractivity contribution in [1.29, 1.82) is 0 Å². The number of aliphatic carboxylic acids is 1. The standard InChI is InChI=1S/C16H14N2O8/c19-10-5-1-3-8(13(10)23)15(25)17-18(7-12(21)22)16(26)9-4-2-6-11(20)14(9)24/h1-6,19-20,23-24H,7H2,(H,17,25)(H,21,22). The van der Waals surface area contributed by atoms with Crippen molar-refractivity contribution < 1.29 is 39.9 Å². The van der Waals surface area contributed by atoms with Crippen LogP contribution in [0.3, 0.4) is 0 Å². The molecular formula is C16H14N2O8. The van der Waals surface area contributed by atoms with Gasteiger partial charge in [-0.05, 0) is 24.3 Å². The van der Waals surface area contributed by atoms with Crippen LogP contribution in [0.4, 0.5) is 0 Å². The fourth-order valence-corrected chi connectivity index (χ4v) is 2.04. The summed E-state index contributed by atoms with van der Waals surface area (Å²) in [5.74, 6) is -6.41. The Kier molecular flexibility index (Phi) is 5.16. The second-order valence-electron chi connectivity index (χ2n) is 5.07. The molecule has 26 heavy (non-hydrogen) atoms. The molecule has 0 unspecified atom stereocenters. The van der Waals surface area contributed by atoms with Crippen LogP contribution in [-0.4, -0.2) is 54.9 Å². The van der Waals surface area contributed by atoms with E-state index in [1.165, 1.54) is 12.1 Å². The van der Waals surface area contributed by atoms with Gasteiger partial charge < -0.3 is 25.5 Å². The molecular weight excluding hydrogens is 348 g/mol. The summed E-state index contributed by atoms with van der Waals surface area (Å²) in [4.78, 5) is 35.6. The topological polar surface area (TPSA) is 168 Å². The Hall–Kier alpha value is -3.95. The molecule has 2 aromatic rings. The van der Waals surface area contributed by atoms with Gasteiger partial charge in [-0.1, -0.05) is 12.1 Å². The first-order valence-electron chi connectivity index (χ1n) is 7.09. The Morgan fingerprint density at radius 2 is 1.35 bits per heavy atom. The van der Waals surface area contributed by atoms with E-state index in [-0.39, 0.29) is 0 Å². The largest absolute Gasteiger partial charge is 0.504 e. The number of phenolic OH excluding ortho intramolecular Hbond substituents is 4. The van der Waals surface area contributed by atoms with Gasteiger partial charge in [0.05, 0.1) is 11.1 Å². The van der Waals surface area contributed by atoms with Crippen LogP contribution in [0.15, 0.2) is 36.4 Å². The van der Waals surface area contributed by atoms with Gasteiger partial charge in [-0.2, -0.15) is 0 Å². The Balaban J connectivity index is 2.34. The zero-order valence-corrected chi connectivity index (χ0v) is 13.1. The zero-order valence-electron chi connectivity index (χ0n) is 13.1. The lowest BCUT2D eigenvalue weighted by molar-refractivity contribution is -0.138. The van der Waals surface area contributed by atoms with Crippen molar-refractivity contribution in [2.75, 3.05) is 6.54 Å². The van der Waals surface area contributed by atoms with Gasteiger partial charge in [0.1, 0.15) is 6.54 Å². The zero-order chi connectivity index (χ0) is 19.4. The average molecular weight is 362 g/mol. The highest BCUT2D eigenvalue weighted by Crippen LogP contribution is 2.30. The Morgan fingerprint density at radius 1 is 0.846 bits per heavy atom. The minimum absolute atomic E-state index is 0.378. The van der Waals surface area contributed by atoms with E-state index in [2.05, 4.69) is 0 Å². The summed E-state index contributed by atoms with van der Waals surface area (Å²) in [6.07, 6.45) is 0. The summed E-state index contributed by atoms with van der Waals surface area (Å²) in [5.41, 5.74) is 1.12. The lowest BCUT2D eigenvalue weighted by Gasteiger charge is -2.22. The normalized spacial score (nSPS) is 10.2. The molecule has 0 heterocycles. The maximum Gasteiger partial charge on any atom is 0.325 e.